The predicted molar refractivity (Wildman–Crippen MR) is 163 cm³/mol. The molecule has 0 bridgehead atoms. The number of aliphatic imine (C=N–C) groups is 1. The maximum absolute atomic E-state index is 5.27. The summed E-state index contributed by atoms with van der Waals surface area (Å²) in [6.07, 6.45) is 21.1. The molecule has 0 N–H and O–H groups in total. The van der Waals surface area contributed by atoms with Gasteiger partial charge in [-0.05, 0) is 54.0 Å². The first kappa shape index (κ1) is 27.6. The van der Waals surface area contributed by atoms with Crippen LogP contribution >= 0.6 is 0 Å². The molecule has 1 aromatic heterocycles. The Bertz CT molecular complexity index is 1080. The Balaban J connectivity index is 0.00000361. The Kier molecular flexibility index (Phi) is 11.2. The molecule has 0 saturated heterocycles. The van der Waals surface area contributed by atoms with Gasteiger partial charge in [0.2, 0.25) is 0 Å². The summed E-state index contributed by atoms with van der Waals surface area (Å²) in [4.78, 5) is 11.7. The van der Waals surface area contributed by atoms with Gasteiger partial charge in [0, 0.05) is 53.2 Å². The zero-order chi connectivity index (χ0) is 25.8. The molecule has 1 saturated carbocycles. The molecular formula is C33H49N3. The second kappa shape index (κ2) is 14.6. The number of nitrogens with zero attached hydrogens (tertiary/aromatic N) is 3. The lowest BCUT2D eigenvalue weighted by Crippen LogP contribution is -2.07. The van der Waals surface area contributed by atoms with Crippen LogP contribution in [0.1, 0.15) is 84.4 Å². The lowest BCUT2D eigenvalue weighted by atomic mass is 9.85. The van der Waals surface area contributed by atoms with Crippen LogP contribution in [-0.2, 0) is 6.42 Å². The SMILES string of the molecule is C=C/C(=C\N(C)C)c1cccc(-c2ccc(/C(C=NC)=C/CCC)c(CCCC3CCCCC3)n2)c1.[HH].[HH]. The van der Waals surface area contributed by atoms with Gasteiger partial charge in [-0.3, -0.25) is 9.98 Å². The molecule has 0 amide bonds. The average molecular weight is 488 g/mol. The molecule has 1 aliphatic rings. The Morgan fingerprint density at radius 1 is 1.14 bits per heavy atom. The van der Waals surface area contributed by atoms with Gasteiger partial charge in [0.15, 0.2) is 0 Å². The molecule has 1 fully saturated rings. The van der Waals surface area contributed by atoms with Crippen LogP contribution in [0.15, 0.2) is 66.3 Å². The normalized spacial score (nSPS) is 15.4. The third-order valence-electron chi connectivity index (χ3n) is 7.07. The minimum absolute atomic E-state index is 0. The summed E-state index contributed by atoms with van der Waals surface area (Å²) < 4.78 is 0. The van der Waals surface area contributed by atoms with Crippen molar-refractivity contribution in [1.82, 2.24) is 9.88 Å². The van der Waals surface area contributed by atoms with Crippen LogP contribution in [0.5, 0.6) is 0 Å². The van der Waals surface area contributed by atoms with E-state index in [0.717, 1.165) is 47.6 Å². The topological polar surface area (TPSA) is 28.5 Å². The minimum atomic E-state index is 0. The summed E-state index contributed by atoms with van der Waals surface area (Å²) in [5, 5.41) is 0. The number of benzene rings is 1. The van der Waals surface area contributed by atoms with Crippen LogP contribution in [0.4, 0.5) is 0 Å². The van der Waals surface area contributed by atoms with E-state index in [9.17, 15) is 0 Å². The zero-order valence-corrected chi connectivity index (χ0v) is 23.0. The molecule has 0 atom stereocenters. The van der Waals surface area contributed by atoms with Crippen molar-refractivity contribution in [3.05, 3.63) is 78.1 Å². The second-order valence-electron chi connectivity index (χ2n) is 10.3. The van der Waals surface area contributed by atoms with E-state index in [0.29, 0.717) is 0 Å². The summed E-state index contributed by atoms with van der Waals surface area (Å²) in [5.74, 6) is 0.898. The van der Waals surface area contributed by atoms with Crippen molar-refractivity contribution in [3.8, 4) is 11.3 Å². The van der Waals surface area contributed by atoms with E-state index < -0.39 is 0 Å². The van der Waals surface area contributed by atoms with Gasteiger partial charge >= 0.3 is 0 Å². The van der Waals surface area contributed by atoms with Crippen LogP contribution < -0.4 is 0 Å². The van der Waals surface area contributed by atoms with Gasteiger partial charge < -0.3 is 4.90 Å². The highest BCUT2D eigenvalue weighted by atomic mass is 15.0. The van der Waals surface area contributed by atoms with E-state index in [2.05, 4.69) is 72.1 Å². The van der Waals surface area contributed by atoms with Crippen molar-refractivity contribution < 1.29 is 2.85 Å². The fraction of sp³-hybridized carbons (Fsp3) is 0.455. The average Bonchev–Trinajstić information content (AvgIpc) is 2.90. The maximum atomic E-state index is 5.27. The number of hydrogen-bond donors (Lipinski definition) is 0. The van der Waals surface area contributed by atoms with Crippen LogP contribution in [0.3, 0.4) is 0 Å². The highest BCUT2D eigenvalue weighted by Gasteiger charge is 2.15. The molecule has 3 nitrogen and oxygen atoms in total. The number of unbranched alkanes of at least 4 members (excludes halogenated alkanes) is 1. The number of allylic oxidation sites excluding steroid dienone is 4. The van der Waals surface area contributed by atoms with E-state index in [1.54, 1.807) is 0 Å². The molecule has 1 aromatic carbocycles. The zero-order valence-electron chi connectivity index (χ0n) is 23.0. The highest BCUT2D eigenvalue weighted by molar-refractivity contribution is 6.10. The van der Waals surface area contributed by atoms with Gasteiger partial charge in [-0.1, -0.05) is 94.9 Å². The van der Waals surface area contributed by atoms with Crippen molar-refractivity contribution in [2.24, 2.45) is 10.9 Å². The highest BCUT2D eigenvalue weighted by Crippen LogP contribution is 2.30. The van der Waals surface area contributed by atoms with Gasteiger partial charge in [0.25, 0.3) is 0 Å². The van der Waals surface area contributed by atoms with Crippen molar-refractivity contribution >= 4 is 17.4 Å². The van der Waals surface area contributed by atoms with Crippen LogP contribution in [0.25, 0.3) is 22.4 Å². The third-order valence-corrected chi connectivity index (χ3v) is 7.07. The van der Waals surface area contributed by atoms with Crippen molar-refractivity contribution in [3.63, 3.8) is 0 Å². The number of pyridine rings is 1. The number of hydrogen-bond acceptors (Lipinski definition) is 3. The van der Waals surface area contributed by atoms with Gasteiger partial charge in [-0.25, -0.2) is 0 Å². The first-order chi connectivity index (χ1) is 17.5. The Morgan fingerprint density at radius 2 is 1.94 bits per heavy atom. The molecule has 0 radical (unpaired) electrons. The van der Waals surface area contributed by atoms with Crippen LogP contribution in [0.2, 0.25) is 0 Å². The van der Waals surface area contributed by atoms with Gasteiger partial charge in [-0.15, -0.1) is 0 Å². The molecule has 0 aliphatic heterocycles. The standard InChI is InChI=1S/C33H45N3.2H2/c1-6-8-17-30(24-34-3)31-21-22-32(35-33(31)20-12-16-26-14-10-9-11-15-26)29-19-13-18-28(23-29)27(7-2)25-36(4)5;;/h7,13,17-19,21-26H,2,6,8-12,14-16,20H2,1,3-5H3;2*1H/b27-25+,30-17+,34-24?;;. The minimum Gasteiger partial charge on any atom is -0.383 e. The van der Waals surface area contributed by atoms with Crippen molar-refractivity contribution in [1.29, 1.82) is 0 Å². The van der Waals surface area contributed by atoms with E-state index in [-0.39, 0.29) is 2.85 Å². The Labute approximate surface area is 222 Å². The number of aryl methyl sites for hydroxylation is 1. The molecule has 0 spiro atoms. The Morgan fingerprint density at radius 3 is 2.64 bits per heavy atom. The van der Waals surface area contributed by atoms with Crippen molar-refractivity contribution in [2.75, 3.05) is 21.1 Å². The first-order valence-corrected chi connectivity index (χ1v) is 13.8. The summed E-state index contributed by atoms with van der Waals surface area (Å²) in [7, 11) is 5.93. The first-order valence-electron chi connectivity index (χ1n) is 13.8. The predicted octanol–water partition coefficient (Wildman–Crippen LogP) is 9.12. The van der Waals surface area contributed by atoms with Gasteiger partial charge in [0.1, 0.15) is 0 Å². The smallest absolute Gasteiger partial charge is 0.0705 e. The molecule has 1 heterocycles. The molecule has 2 aromatic rings. The largest absolute Gasteiger partial charge is 0.383 e. The second-order valence-corrected chi connectivity index (χ2v) is 10.3. The summed E-state index contributed by atoms with van der Waals surface area (Å²) in [6.45, 7) is 6.24. The molecule has 0 unspecified atom stereocenters. The van der Waals surface area contributed by atoms with Crippen LogP contribution in [-0.4, -0.2) is 37.2 Å². The number of rotatable bonds is 12. The number of aromatic nitrogens is 1. The molecular weight excluding hydrogens is 438 g/mol. The molecule has 196 valence electrons. The Hall–Kier alpha value is -2.94. The fourth-order valence-corrected chi connectivity index (χ4v) is 5.20. The molecule has 3 rings (SSSR count). The van der Waals surface area contributed by atoms with Crippen molar-refractivity contribution in [2.45, 2.75) is 71.1 Å². The maximum Gasteiger partial charge on any atom is 0.0705 e. The quantitative estimate of drug-likeness (QED) is 0.220. The molecule has 36 heavy (non-hydrogen) atoms. The lowest BCUT2D eigenvalue weighted by Gasteiger charge is -2.21. The molecule has 1 aliphatic carbocycles. The monoisotopic (exact) mass is 487 g/mol. The lowest BCUT2D eigenvalue weighted by molar-refractivity contribution is 0.332. The van der Waals surface area contributed by atoms with Gasteiger partial charge in [-0.2, -0.15) is 0 Å². The third kappa shape index (κ3) is 8.05. The van der Waals surface area contributed by atoms with E-state index in [4.69, 9.17) is 4.98 Å². The van der Waals surface area contributed by atoms with Crippen LogP contribution in [0, 0.1) is 5.92 Å². The molecule has 3 heteroatoms. The van der Waals surface area contributed by atoms with Gasteiger partial charge in [0.05, 0.1) is 5.69 Å². The summed E-state index contributed by atoms with van der Waals surface area (Å²) in [6, 6.07) is 13.1. The van der Waals surface area contributed by atoms with E-state index in [1.807, 2.05) is 33.4 Å². The van der Waals surface area contributed by atoms with E-state index in [1.165, 1.54) is 61.8 Å². The van der Waals surface area contributed by atoms with E-state index >= 15 is 0 Å². The summed E-state index contributed by atoms with van der Waals surface area (Å²) in [5.41, 5.74) is 8.06. The summed E-state index contributed by atoms with van der Waals surface area (Å²) >= 11 is 0. The fourth-order valence-electron chi connectivity index (χ4n) is 5.20.